The number of hydrogen-bond donors (Lipinski definition) is 0. The molecule has 84 valence electrons. The highest BCUT2D eigenvalue weighted by Crippen LogP contribution is 2.32. The van der Waals surface area contributed by atoms with Gasteiger partial charge in [-0.05, 0) is 11.6 Å². The summed E-state index contributed by atoms with van der Waals surface area (Å²) >= 11 is 3.41. The highest BCUT2D eigenvalue weighted by Gasteiger charge is 2.11. The monoisotopic (exact) mass is 288 g/mol. The van der Waals surface area contributed by atoms with E-state index >= 15 is 0 Å². The van der Waals surface area contributed by atoms with Crippen molar-refractivity contribution >= 4 is 28.5 Å². The number of hydrogen-bond acceptors (Lipinski definition) is 2. The van der Waals surface area contributed by atoms with Gasteiger partial charge >= 0.3 is 0 Å². The number of rotatable bonds is 3. The minimum Gasteiger partial charge on any atom is -0.298 e. The van der Waals surface area contributed by atoms with E-state index in [9.17, 15) is 9.59 Å². The van der Waals surface area contributed by atoms with Gasteiger partial charge in [-0.15, -0.1) is 0 Å². The molecule has 0 aromatic heterocycles. The first kappa shape index (κ1) is 11.7. The van der Waals surface area contributed by atoms with E-state index in [1.54, 1.807) is 24.3 Å². The summed E-state index contributed by atoms with van der Waals surface area (Å²) in [4.78, 5) is 22.1. The number of benzene rings is 2. The summed E-state index contributed by atoms with van der Waals surface area (Å²) in [6.45, 7) is 0. The van der Waals surface area contributed by atoms with Crippen molar-refractivity contribution < 1.29 is 9.59 Å². The summed E-state index contributed by atoms with van der Waals surface area (Å²) in [5.41, 5.74) is 2.65. The lowest BCUT2D eigenvalue weighted by Crippen LogP contribution is -1.93. The zero-order chi connectivity index (χ0) is 12.3. The van der Waals surface area contributed by atoms with Crippen molar-refractivity contribution in [2.45, 2.75) is 0 Å². The molecule has 3 heteroatoms. The first-order valence-corrected chi connectivity index (χ1v) is 5.85. The molecular formula is C14H9BrO2. The van der Waals surface area contributed by atoms with Crippen LogP contribution in [0.15, 0.2) is 46.9 Å². The van der Waals surface area contributed by atoms with Gasteiger partial charge in [0.05, 0.1) is 0 Å². The van der Waals surface area contributed by atoms with E-state index < -0.39 is 0 Å². The van der Waals surface area contributed by atoms with E-state index in [0.717, 1.165) is 28.2 Å². The molecule has 2 aromatic rings. The minimum atomic E-state index is 0.564. The second-order valence-electron chi connectivity index (χ2n) is 3.53. The highest BCUT2D eigenvalue weighted by atomic mass is 79.9. The second-order valence-corrected chi connectivity index (χ2v) is 4.38. The van der Waals surface area contributed by atoms with Crippen LogP contribution < -0.4 is 0 Å². The van der Waals surface area contributed by atoms with Crippen LogP contribution in [0.1, 0.15) is 20.7 Å². The second kappa shape index (κ2) is 5.06. The molecule has 0 unspecified atom stereocenters. The molecule has 0 heterocycles. The van der Waals surface area contributed by atoms with Crippen LogP contribution in [-0.4, -0.2) is 12.6 Å². The third-order valence-corrected chi connectivity index (χ3v) is 3.19. The van der Waals surface area contributed by atoms with Crippen LogP contribution in [-0.2, 0) is 0 Å². The van der Waals surface area contributed by atoms with Gasteiger partial charge < -0.3 is 0 Å². The van der Waals surface area contributed by atoms with Crippen LogP contribution >= 0.6 is 15.9 Å². The van der Waals surface area contributed by atoms with Gasteiger partial charge in [-0.2, -0.15) is 0 Å². The van der Waals surface area contributed by atoms with E-state index in [1.165, 1.54) is 0 Å². The standard InChI is InChI=1S/C14H9BrO2/c15-13-7-3-5-11(9-17)14(13)12-6-2-1-4-10(12)8-16/h1-9H. The molecule has 0 N–H and O–H groups in total. The zero-order valence-corrected chi connectivity index (χ0v) is 10.5. The number of aldehydes is 2. The van der Waals surface area contributed by atoms with Gasteiger partial charge in [0.15, 0.2) is 12.6 Å². The average Bonchev–Trinajstić information content (AvgIpc) is 2.38. The fourth-order valence-corrected chi connectivity index (χ4v) is 2.35. The average molecular weight is 289 g/mol. The Kier molecular flexibility index (Phi) is 3.49. The fraction of sp³-hybridized carbons (Fsp3) is 0. The topological polar surface area (TPSA) is 34.1 Å². The maximum absolute atomic E-state index is 11.0. The number of halogens is 1. The van der Waals surface area contributed by atoms with Gasteiger partial charge in [-0.3, -0.25) is 9.59 Å². The van der Waals surface area contributed by atoms with Gasteiger partial charge in [-0.25, -0.2) is 0 Å². The summed E-state index contributed by atoms with van der Waals surface area (Å²) in [5.74, 6) is 0. The van der Waals surface area contributed by atoms with Crippen molar-refractivity contribution in [1.82, 2.24) is 0 Å². The molecule has 0 fully saturated rings. The lowest BCUT2D eigenvalue weighted by Gasteiger charge is -2.09. The zero-order valence-electron chi connectivity index (χ0n) is 8.89. The predicted octanol–water partition coefficient (Wildman–Crippen LogP) is 3.74. The normalized spacial score (nSPS) is 9.94. The third kappa shape index (κ3) is 2.19. The molecule has 2 aromatic carbocycles. The summed E-state index contributed by atoms with van der Waals surface area (Å²) in [6.07, 6.45) is 1.59. The molecule has 0 bridgehead atoms. The van der Waals surface area contributed by atoms with E-state index in [2.05, 4.69) is 15.9 Å². The molecule has 0 aliphatic heterocycles. The molecule has 0 aliphatic rings. The number of carbonyl (C=O) groups excluding carboxylic acids is 2. The molecule has 0 saturated heterocycles. The van der Waals surface area contributed by atoms with Crippen molar-refractivity contribution in [2.75, 3.05) is 0 Å². The fourth-order valence-electron chi connectivity index (χ4n) is 1.75. The van der Waals surface area contributed by atoms with Crippen molar-refractivity contribution in [3.63, 3.8) is 0 Å². The molecule has 17 heavy (non-hydrogen) atoms. The van der Waals surface area contributed by atoms with Crippen LogP contribution in [0.4, 0.5) is 0 Å². The van der Waals surface area contributed by atoms with Crippen LogP contribution in [0.2, 0.25) is 0 Å². The van der Waals surface area contributed by atoms with Gasteiger partial charge in [0.1, 0.15) is 0 Å². The Balaban J connectivity index is 2.76. The largest absolute Gasteiger partial charge is 0.298 e. The summed E-state index contributed by atoms with van der Waals surface area (Å²) in [6, 6.07) is 12.6. The third-order valence-electron chi connectivity index (χ3n) is 2.53. The van der Waals surface area contributed by atoms with Crippen molar-refractivity contribution in [2.24, 2.45) is 0 Å². The summed E-state index contributed by atoms with van der Waals surface area (Å²) in [7, 11) is 0. The first-order chi connectivity index (χ1) is 8.27. The quantitative estimate of drug-likeness (QED) is 0.807. The molecule has 0 atom stereocenters. The Morgan fingerprint density at radius 2 is 1.47 bits per heavy atom. The molecule has 0 aliphatic carbocycles. The van der Waals surface area contributed by atoms with Gasteiger partial charge in [-0.1, -0.05) is 52.3 Å². The van der Waals surface area contributed by atoms with Crippen molar-refractivity contribution in [3.05, 3.63) is 58.1 Å². The molecule has 2 rings (SSSR count). The Bertz CT molecular complexity index is 576. The Labute approximate surface area is 107 Å². The van der Waals surface area contributed by atoms with Crippen LogP contribution in [0.3, 0.4) is 0 Å². The molecular weight excluding hydrogens is 280 g/mol. The van der Waals surface area contributed by atoms with E-state index in [1.807, 2.05) is 18.2 Å². The SMILES string of the molecule is O=Cc1ccccc1-c1c(Br)cccc1C=O. The van der Waals surface area contributed by atoms with E-state index in [4.69, 9.17) is 0 Å². The maximum Gasteiger partial charge on any atom is 0.150 e. The van der Waals surface area contributed by atoms with Gasteiger partial charge in [0, 0.05) is 21.2 Å². The lowest BCUT2D eigenvalue weighted by atomic mass is 9.96. The Hall–Kier alpha value is -1.74. The van der Waals surface area contributed by atoms with Crippen molar-refractivity contribution in [1.29, 1.82) is 0 Å². The lowest BCUT2D eigenvalue weighted by molar-refractivity contribution is 0.111. The Morgan fingerprint density at radius 1 is 0.824 bits per heavy atom. The van der Waals surface area contributed by atoms with Gasteiger partial charge in [0.25, 0.3) is 0 Å². The smallest absolute Gasteiger partial charge is 0.150 e. The van der Waals surface area contributed by atoms with Crippen LogP contribution in [0, 0.1) is 0 Å². The molecule has 0 saturated carbocycles. The highest BCUT2D eigenvalue weighted by molar-refractivity contribution is 9.10. The maximum atomic E-state index is 11.0. The first-order valence-electron chi connectivity index (χ1n) is 5.06. The van der Waals surface area contributed by atoms with Crippen LogP contribution in [0.25, 0.3) is 11.1 Å². The summed E-state index contributed by atoms with van der Waals surface area (Å²) in [5, 5.41) is 0. The summed E-state index contributed by atoms with van der Waals surface area (Å²) < 4.78 is 0.802. The Morgan fingerprint density at radius 3 is 2.18 bits per heavy atom. The van der Waals surface area contributed by atoms with Crippen molar-refractivity contribution in [3.8, 4) is 11.1 Å². The number of carbonyl (C=O) groups is 2. The van der Waals surface area contributed by atoms with Crippen LogP contribution in [0.5, 0.6) is 0 Å². The molecule has 0 amide bonds. The minimum absolute atomic E-state index is 0.564. The van der Waals surface area contributed by atoms with E-state index in [-0.39, 0.29) is 0 Å². The van der Waals surface area contributed by atoms with E-state index in [0.29, 0.717) is 11.1 Å². The predicted molar refractivity (Wildman–Crippen MR) is 70.4 cm³/mol. The molecule has 0 radical (unpaired) electrons. The molecule has 0 spiro atoms. The van der Waals surface area contributed by atoms with Gasteiger partial charge in [0.2, 0.25) is 0 Å². The molecule has 2 nitrogen and oxygen atoms in total.